The molecule has 1 atom stereocenters. The van der Waals surface area contributed by atoms with Gasteiger partial charge in [-0.1, -0.05) is 32.1 Å². The van der Waals surface area contributed by atoms with E-state index in [0.717, 1.165) is 25.9 Å². The average molecular weight is 430 g/mol. The molecule has 1 aromatic rings. The van der Waals surface area contributed by atoms with Crippen molar-refractivity contribution >= 4 is 17.8 Å². The van der Waals surface area contributed by atoms with Gasteiger partial charge in [-0.05, 0) is 32.2 Å². The molecule has 1 unspecified atom stereocenters. The van der Waals surface area contributed by atoms with Crippen LogP contribution in [-0.4, -0.2) is 58.0 Å². The zero-order valence-electron chi connectivity index (χ0n) is 18.5. The predicted octanol–water partition coefficient (Wildman–Crippen LogP) is 1.61. The number of amides is 2. The zero-order valence-corrected chi connectivity index (χ0v) is 18.5. The first-order valence-electron chi connectivity index (χ1n) is 11.4. The molecule has 1 aliphatic heterocycles. The van der Waals surface area contributed by atoms with Crippen molar-refractivity contribution in [3.05, 3.63) is 12.4 Å². The van der Waals surface area contributed by atoms with Gasteiger partial charge in [-0.3, -0.25) is 9.59 Å². The molecule has 1 saturated heterocycles. The van der Waals surface area contributed by atoms with Crippen LogP contribution in [0, 0.1) is 17.2 Å². The molecule has 4 N–H and O–H groups in total. The van der Waals surface area contributed by atoms with E-state index in [9.17, 15) is 14.9 Å². The fraction of sp³-hybridized carbons (Fsp3) is 0.727. The maximum Gasteiger partial charge on any atom is 0.243 e. The standard InChI is InChI=1S/C22H35N7O2/c1-28-12-8-22(16-23,9-13-28)27-20(31)18(15-17-5-3-2-4-6-17)26-21-25-10-14-29(21)11-7-19(24)30/h10,14,17-18H,2-9,11-13,15H2,1H3,(H2,24,30)(H,25,26)(H,27,31). The zero-order chi connectivity index (χ0) is 22.3. The first-order chi connectivity index (χ1) is 14.9. The van der Waals surface area contributed by atoms with Crippen LogP contribution in [0.5, 0.6) is 0 Å². The average Bonchev–Trinajstić information content (AvgIpc) is 3.21. The van der Waals surface area contributed by atoms with Crippen molar-refractivity contribution in [2.45, 2.75) is 75.9 Å². The number of hydrogen-bond donors (Lipinski definition) is 3. The quantitative estimate of drug-likeness (QED) is 0.547. The minimum atomic E-state index is -0.822. The number of carbonyl (C=O) groups is 2. The molecule has 3 rings (SSSR count). The van der Waals surface area contributed by atoms with Gasteiger partial charge in [-0.25, -0.2) is 4.98 Å². The molecule has 1 saturated carbocycles. The summed E-state index contributed by atoms with van der Waals surface area (Å²) in [5.41, 5.74) is 4.46. The smallest absolute Gasteiger partial charge is 0.243 e. The summed E-state index contributed by atoms with van der Waals surface area (Å²) in [6.45, 7) is 1.97. The molecule has 1 aliphatic carbocycles. The molecule has 2 fully saturated rings. The minimum absolute atomic E-state index is 0.152. The molecule has 170 valence electrons. The van der Waals surface area contributed by atoms with E-state index in [4.69, 9.17) is 5.73 Å². The first kappa shape index (κ1) is 23.1. The van der Waals surface area contributed by atoms with Gasteiger partial charge in [-0.2, -0.15) is 5.26 Å². The number of nitrogens with zero attached hydrogens (tertiary/aromatic N) is 4. The van der Waals surface area contributed by atoms with Gasteiger partial charge >= 0.3 is 0 Å². The van der Waals surface area contributed by atoms with Gasteiger partial charge in [0.25, 0.3) is 0 Å². The van der Waals surface area contributed by atoms with E-state index in [1.54, 1.807) is 12.4 Å². The molecule has 0 aromatic carbocycles. The van der Waals surface area contributed by atoms with Crippen LogP contribution < -0.4 is 16.4 Å². The lowest BCUT2D eigenvalue weighted by Gasteiger charge is -2.37. The van der Waals surface area contributed by atoms with Crippen LogP contribution in [0.25, 0.3) is 0 Å². The Kier molecular flexibility index (Phi) is 7.91. The molecular formula is C22H35N7O2. The highest BCUT2D eigenvalue weighted by molar-refractivity contribution is 5.85. The number of nitrogens with two attached hydrogens (primary N) is 1. The van der Waals surface area contributed by atoms with Crippen molar-refractivity contribution in [2.75, 3.05) is 25.5 Å². The maximum atomic E-state index is 13.4. The van der Waals surface area contributed by atoms with Crippen molar-refractivity contribution < 1.29 is 9.59 Å². The third-order valence-corrected chi connectivity index (χ3v) is 6.65. The molecule has 2 aliphatic rings. The number of primary amides is 1. The third kappa shape index (κ3) is 6.44. The van der Waals surface area contributed by atoms with E-state index in [1.165, 1.54) is 19.3 Å². The second kappa shape index (κ2) is 10.6. The van der Waals surface area contributed by atoms with Crippen molar-refractivity contribution in [1.82, 2.24) is 19.8 Å². The molecule has 2 heterocycles. The topological polar surface area (TPSA) is 129 Å². The van der Waals surface area contributed by atoms with E-state index >= 15 is 0 Å². The minimum Gasteiger partial charge on any atom is -0.370 e. The van der Waals surface area contributed by atoms with Crippen LogP contribution in [0.1, 0.15) is 57.8 Å². The van der Waals surface area contributed by atoms with Crippen LogP contribution in [0.3, 0.4) is 0 Å². The van der Waals surface area contributed by atoms with Gasteiger partial charge in [0.1, 0.15) is 11.6 Å². The summed E-state index contributed by atoms with van der Waals surface area (Å²) >= 11 is 0. The summed E-state index contributed by atoms with van der Waals surface area (Å²) in [5, 5.41) is 16.2. The number of anilines is 1. The summed E-state index contributed by atoms with van der Waals surface area (Å²) in [5.74, 6) is 0.489. The number of hydrogen-bond acceptors (Lipinski definition) is 6. The molecule has 0 spiro atoms. The van der Waals surface area contributed by atoms with Gasteiger partial charge in [0.2, 0.25) is 17.8 Å². The Labute approximate surface area is 184 Å². The Bertz CT molecular complexity index is 786. The van der Waals surface area contributed by atoms with E-state index in [0.29, 0.717) is 37.7 Å². The second-order valence-corrected chi connectivity index (χ2v) is 9.08. The molecule has 0 radical (unpaired) electrons. The normalized spacial score (nSPS) is 20.5. The van der Waals surface area contributed by atoms with Crippen LogP contribution in [-0.2, 0) is 16.1 Å². The fourth-order valence-corrected chi connectivity index (χ4v) is 4.59. The number of nitriles is 1. The van der Waals surface area contributed by atoms with Crippen LogP contribution in [0.4, 0.5) is 5.95 Å². The van der Waals surface area contributed by atoms with Gasteiger partial charge in [0, 0.05) is 38.4 Å². The van der Waals surface area contributed by atoms with Gasteiger partial charge < -0.3 is 25.8 Å². The maximum absolute atomic E-state index is 13.4. The number of rotatable bonds is 9. The highest BCUT2D eigenvalue weighted by Gasteiger charge is 2.37. The highest BCUT2D eigenvalue weighted by Crippen LogP contribution is 2.29. The Morgan fingerprint density at radius 1 is 1.32 bits per heavy atom. The Morgan fingerprint density at radius 3 is 2.68 bits per heavy atom. The molecule has 2 amide bonds. The summed E-state index contributed by atoms with van der Waals surface area (Å²) in [7, 11) is 2.03. The summed E-state index contributed by atoms with van der Waals surface area (Å²) in [6.07, 6.45) is 11.5. The molecule has 31 heavy (non-hydrogen) atoms. The van der Waals surface area contributed by atoms with E-state index in [-0.39, 0.29) is 18.2 Å². The number of aromatic nitrogens is 2. The molecular weight excluding hydrogens is 394 g/mol. The molecule has 9 heteroatoms. The van der Waals surface area contributed by atoms with Gasteiger partial charge in [0.05, 0.1) is 6.07 Å². The number of likely N-dealkylation sites (tertiary alicyclic amines) is 1. The molecule has 9 nitrogen and oxygen atoms in total. The number of nitrogens with one attached hydrogen (secondary N) is 2. The number of aryl methyl sites for hydroxylation is 1. The monoisotopic (exact) mass is 429 g/mol. The number of carbonyl (C=O) groups excluding carboxylic acids is 2. The van der Waals surface area contributed by atoms with Crippen LogP contribution >= 0.6 is 0 Å². The van der Waals surface area contributed by atoms with Crippen LogP contribution in [0.15, 0.2) is 12.4 Å². The van der Waals surface area contributed by atoms with E-state index in [1.807, 2.05) is 11.6 Å². The largest absolute Gasteiger partial charge is 0.370 e. The van der Waals surface area contributed by atoms with Crippen molar-refractivity contribution in [1.29, 1.82) is 5.26 Å². The first-order valence-corrected chi connectivity index (χ1v) is 11.4. The third-order valence-electron chi connectivity index (χ3n) is 6.65. The lowest BCUT2D eigenvalue weighted by atomic mass is 9.84. The number of piperidine rings is 1. The van der Waals surface area contributed by atoms with Gasteiger partial charge in [-0.15, -0.1) is 0 Å². The number of imidazole rings is 1. The molecule has 1 aromatic heterocycles. The van der Waals surface area contributed by atoms with E-state index in [2.05, 4.69) is 26.6 Å². The fourth-order valence-electron chi connectivity index (χ4n) is 4.59. The predicted molar refractivity (Wildman–Crippen MR) is 118 cm³/mol. The summed E-state index contributed by atoms with van der Waals surface area (Å²) in [4.78, 5) is 31.1. The summed E-state index contributed by atoms with van der Waals surface area (Å²) < 4.78 is 1.81. The lowest BCUT2D eigenvalue weighted by Crippen LogP contribution is -2.57. The van der Waals surface area contributed by atoms with Gasteiger partial charge in [0.15, 0.2) is 0 Å². The van der Waals surface area contributed by atoms with Crippen molar-refractivity contribution in [3.63, 3.8) is 0 Å². The molecule has 0 bridgehead atoms. The SMILES string of the molecule is CN1CCC(C#N)(NC(=O)C(CC2CCCCC2)Nc2nccn2CCC(N)=O)CC1. The highest BCUT2D eigenvalue weighted by atomic mass is 16.2. The Morgan fingerprint density at radius 2 is 2.03 bits per heavy atom. The van der Waals surface area contributed by atoms with Crippen LogP contribution in [0.2, 0.25) is 0 Å². The Balaban J connectivity index is 1.73. The Hall–Kier alpha value is -2.60. The van der Waals surface area contributed by atoms with Crippen molar-refractivity contribution in [2.24, 2.45) is 11.7 Å². The summed E-state index contributed by atoms with van der Waals surface area (Å²) in [6, 6.07) is 1.89. The van der Waals surface area contributed by atoms with E-state index < -0.39 is 11.6 Å². The van der Waals surface area contributed by atoms with Crippen molar-refractivity contribution in [3.8, 4) is 6.07 Å². The lowest BCUT2D eigenvalue weighted by molar-refractivity contribution is -0.124. The second-order valence-electron chi connectivity index (χ2n) is 9.08.